The van der Waals surface area contributed by atoms with Gasteiger partial charge in [0.2, 0.25) is 11.9 Å². The molecule has 4 aromatic rings. The Morgan fingerprint density at radius 3 is 2.55 bits per heavy atom. The van der Waals surface area contributed by atoms with Crippen LogP contribution in [0.2, 0.25) is 0 Å². The van der Waals surface area contributed by atoms with Crippen molar-refractivity contribution in [1.29, 1.82) is 0 Å². The summed E-state index contributed by atoms with van der Waals surface area (Å²) in [5.74, 6) is 0.824. The van der Waals surface area contributed by atoms with Crippen LogP contribution < -0.4 is 10.1 Å². The van der Waals surface area contributed by atoms with Gasteiger partial charge in [0, 0.05) is 23.2 Å². The van der Waals surface area contributed by atoms with Gasteiger partial charge in [0.1, 0.15) is 18.1 Å². The molecule has 1 saturated carbocycles. The first kappa shape index (κ1) is 20.9. The monoisotopic (exact) mass is 453 g/mol. The lowest BCUT2D eigenvalue weighted by Gasteiger charge is -2.09. The van der Waals surface area contributed by atoms with Crippen LogP contribution in [0.5, 0.6) is 5.75 Å². The molecule has 0 saturated heterocycles. The summed E-state index contributed by atoms with van der Waals surface area (Å²) in [5.41, 5.74) is 1.83. The van der Waals surface area contributed by atoms with Crippen LogP contribution in [-0.4, -0.2) is 25.5 Å². The number of amides is 1. The van der Waals surface area contributed by atoms with E-state index in [4.69, 9.17) is 4.74 Å². The predicted molar refractivity (Wildman–Crippen MR) is 113 cm³/mol. The zero-order valence-corrected chi connectivity index (χ0v) is 17.2. The van der Waals surface area contributed by atoms with Crippen molar-refractivity contribution < 1.29 is 22.7 Å². The van der Waals surface area contributed by atoms with Crippen LogP contribution in [-0.2, 0) is 17.6 Å². The van der Waals surface area contributed by atoms with Gasteiger partial charge in [-0.15, -0.1) is 5.10 Å². The first-order valence-electron chi connectivity index (χ1n) is 10.3. The van der Waals surface area contributed by atoms with Crippen LogP contribution in [0.25, 0.3) is 16.9 Å². The van der Waals surface area contributed by atoms with Gasteiger partial charge in [-0.3, -0.25) is 15.1 Å². The maximum Gasteiger partial charge on any atom is 0.433 e. The molecule has 3 heterocycles. The third-order valence-electron chi connectivity index (χ3n) is 5.21. The summed E-state index contributed by atoms with van der Waals surface area (Å²) in [6.07, 6.45) is -1.52. The van der Waals surface area contributed by atoms with E-state index in [0.717, 1.165) is 36.4 Å². The van der Waals surface area contributed by atoms with Gasteiger partial charge in [-0.25, -0.2) is 4.52 Å². The molecule has 33 heavy (non-hydrogen) atoms. The molecule has 3 aromatic heterocycles. The molecular weight excluding hydrogens is 435 g/mol. The van der Waals surface area contributed by atoms with Crippen molar-refractivity contribution in [2.75, 3.05) is 5.32 Å². The molecule has 1 aliphatic rings. The number of benzene rings is 1. The second-order valence-corrected chi connectivity index (χ2v) is 7.74. The fourth-order valence-corrected chi connectivity index (χ4v) is 3.30. The Morgan fingerprint density at radius 2 is 1.88 bits per heavy atom. The normalized spacial score (nSPS) is 13.8. The molecule has 1 N–H and O–H groups in total. The zero-order valence-electron chi connectivity index (χ0n) is 17.2. The highest BCUT2D eigenvalue weighted by Gasteiger charge is 2.32. The van der Waals surface area contributed by atoms with Crippen LogP contribution in [0.4, 0.5) is 19.1 Å². The first-order valence-corrected chi connectivity index (χ1v) is 10.3. The number of aromatic nitrogens is 4. The van der Waals surface area contributed by atoms with E-state index >= 15 is 0 Å². The smallest absolute Gasteiger partial charge is 0.433 e. The average Bonchev–Trinajstić information content (AvgIpc) is 3.57. The predicted octanol–water partition coefficient (Wildman–Crippen LogP) is 4.74. The SMILES string of the molecule is O=C(Nc1nc2cccc(-c3ccc(OCc4ccc(C(F)(F)F)nc4)cc3)n2n1)C1CC1. The molecule has 0 aliphatic heterocycles. The number of halogens is 3. The van der Waals surface area contributed by atoms with Crippen LogP contribution in [0.15, 0.2) is 60.8 Å². The number of nitrogens with zero attached hydrogens (tertiary/aromatic N) is 4. The van der Waals surface area contributed by atoms with Gasteiger partial charge in [-0.05, 0) is 55.3 Å². The summed E-state index contributed by atoms with van der Waals surface area (Å²) in [6.45, 7) is 0.0905. The third kappa shape index (κ3) is 4.64. The number of fused-ring (bicyclic) bond motifs is 1. The van der Waals surface area contributed by atoms with Gasteiger partial charge in [-0.1, -0.05) is 12.1 Å². The largest absolute Gasteiger partial charge is 0.489 e. The second kappa shape index (κ2) is 8.19. The molecule has 168 valence electrons. The maximum atomic E-state index is 12.6. The van der Waals surface area contributed by atoms with Gasteiger partial charge in [0.25, 0.3) is 0 Å². The molecule has 0 spiro atoms. The lowest BCUT2D eigenvalue weighted by Crippen LogP contribution is -2.14. The number of rotatable bonds is 6. The quantitative estimate of drug-likeness (QED) is 0.456. The first-order chi connectivity index (χ1) is 15.9. The molecule has 0 radical (unpaired) electrons. The molecule has 0 atom stereocenters. The Labute approximate surface area is 186 Å². The van der Waals surface area contributed by atoms with Gasteiger partial charge < -0.3 is 4.74 Å². The highest BCUT2D eigenvalue weighted by molar-refractivity contribution is 5.92. The van der Waals surface area contributed by atoms with Crippen molar-refractivity contribution >= 4 is 17.5 Å². The molecule has 1 aliphatic carbocycles. The number of hydrogen-bond acceptors (Lipinski definition) is 5. The maximum absolute atomic E-state index is 12.6. The Kier molecular flexibility index (Phi) is 5.20. The van der Waals surface area contributed by atoms with Crippen molar-refractivity contribution in [3.8, 4) is 17.0 Å². The summed E-state index contributed by atoms with van der Waals surface area (Å²) in [6, 6.07) is 15.0. The second-order valence-electron chi connectivity index (χ2n) is 7.74. The molecule has 10 heteroatoms. The molecule has 1 fully saturated rings. The van der Waals surface area contributed by atoms with Gasteiger partial charge in [0.15, 0.2) is 5.65 Å². The summed E-state index contributed by atoms with van der Waals surface area (Å²) in [7, 11) is 0. The van der Waals surface area contributed by atoms with E-state index in [1.807, 2.05) is 24.3 Å². The number of alkyl halides is 3. The average molecular weight is 453 g/mol. The minimum Gasteiger partial charge on any atom is -0.489 e. The van der Waals surface area contributed by atoms with Crippen molar-refractivity contribution in [2.45, 2.75) is 25.6 Å². The standard InChI is InChI=1S/C23H18F3N5O2/c24-23(25,26)19-11-4-14(12-27-19)13-33-17-9-7-15(8-10-17)18-2-1-3-20-28-22(30-31(18)20)29-21(32)16-5-6-16/h1-4,7-12,16H,5-6,13H2,(H,29,30,32). The van der Waals surface area contributed by atoms with Gasteiger partial charge in [0.05, 0.1) is 5.69 Å². The molecule has 0 bridgehead atoms. The fraction of sp³-hybridized carbons (Fsp3) is 0.217. The lowest BCUT2D eigenvalue weighted by molar-refractivity contribution is -0.141. The topological polar surface area (TPSA) is 81.4 Å². The molecule has 0 unspecified atom stereocenters. The highest BCUT2D eigenvalue weighted by atomic mass is 19.4. The van der Waals surface area contributed by atoms with E-state index in [2.05, 4.69) is 20.4 Å². The van der Waals surface area contributed by atoms with E-state index in [1.54, 1.807) is 22.7 Å². The molecular formula is C23H18F3N5O2. The van der Waals surface area contributed by atoms with E-state index in [1.165, 1.54) is 6.07 Å². The molecule has 5 rings (SSSR count). The fourth-order valence-electron chi connectivity index (χ4n) is 3.30. The minimum atomic E-state index is -4.47. The number of hydrogen-bond donors (Lipinski definition) is 1. The number of carbonyl (C=O) groups is 1. The number of carbonyl (C=O) groups excluding carboxylic acids is 1. The Balaban J connectivity index is 1.29. The lowest BCUT2D eigenvalue weighted by atomic mass is 10.1. The third-order valence-corrected chi connectivity index (χ3v) is 5.21. The van der Waals surface area contributed by atoms with Gasteiger partial charge >= 0.3 is 6.18 Å². The molecule has 7 nitrogen and oxygen atoms in total. The van der Waals surface area contributed by atoms with E-state index in [-0.39, 0.29) is 24.4 Å². The van der Waals surface area contributed by atoms with Crippen LogP contribution in [0.3, 0.4) is 0 Å². The highest BCUT2D eigenvalue weighted by Crippen LogP contribution is 2.30. The van der Waals surface area contributed by atoms with E-state index < -0.39 is 11.9 Å². The van der Waals surface area contributed by atoms with E-state index in [9.17, 15) is 18.0 Å². The zero-order chi connectivity index (χ0) is 23.0. The van der Waals surface area contributed by atoms with Crippen molar-refractivity contribution in [1.82, 2.24) is 19.6 Å². The Bertz CT molecular complexity index is 1300. The number of nitrogens with one attached hydrogen (secondary N) is 1. The van der Waals surface area contributed by atoms with Crippen molar-refractivity contribution in [3.05, 3.63) is 72.1 Å². The summed E-state index contributed by atoms with van der Waals surface area (Å²) >= 11 is 0. The van der Waals surface area contributed by atoms with Crippen LogP contribution in [0, 0.1) is 5.92 Å². The Hall–Kier alpha value is -3.95. The summed E-state index contributed by atoms with van der Waals surface area (Å²) in [5, 5.41) is 7.17. The van der Waals surface area contributed by atoms with Gasteiger partial charge in [-0.2, -0.15) is 18.2 Å². The van der Waals surface area contributed by atoms with Crippen LogP contribution in [0.1, 0.15) is 24.1 Å². The minimum absolute atomic E-state index is 0.0574. The molecule has 1 aromatic carbocycles. The van der Waals surface area contributed by atoms with Crippen molar-refractivity contribution in [2.24, 2.45) is 5.92 Å². The number of pyridine rings is 2. The summed E-state index contributed by atoms with van der Waals surface area (Å²) < 4.78 is 45.2. The number of anilines is 1. The van der Waals surface area contributed by atoms with E-state index in [0.29, 0.717) is 17.0 Å². The van der Waals surface area contributed by atoms with Crippen LogP contribution >= 0.6 is 0 Å². The Morgan fingerprint density at radius 1 is 1.09 bits per heavy atom. The van der Waals surface area contributed by atoms with Crippen molar-refractivity contribution in [3.63, 3.8) is 0 Å². The molecule has 1 amide bonds. The number of ether oxygens (including phenoxy) is 1. The summed E-state index contributed by atoms with van der Waals surface area (Å²) in [4.78, 5) is 19.8.